The molecule has 0 N–H and O–H groups in total. The maximum Gasteiger partial charge on any atom is 0.265 e. The Hall–Kier alpha value is -1.43. The zero-order valence-corrected chi connectivity index (χ0v) is 16.1. The van der Waals surface area contributed by atoms with Crippen molar-refractivity contribution in [3.63, 3.8) is 0 Å². The minimum atomic E-state index is -0.0146. The van der Waals surface area contributed by atoms with Crippen LogP contribution in [0.25, 0.3) is 0 Å². The number of hydrogen-bond donors (Lipinski definition) is 0. The predicted octanol–water partition coefficient (Wildman–Crippen LogP) is 3.05. The van der Waals surface area contributed by atoms with Gasteiger partial charge in [0.15, 0.2) is 0 Å². The summed E-state index contributed by atoms with van der Waals surface area (Å²) in [5.74, 6) is 1.37. The van der Waals surface area contributed by atoms with Gasteiger partial charge in [-0.05, 0) is 38.5 Å². The number of carbonyl (C=O) groups is 2. The number of piperidine rings is 1. The van der Waals surface area contributed by atoms with Crippen molar-refractivity contribution in [2.45, 2.75) is 58.4 Å². The zero-order valence-electron chi connectivity index (χ0n) is 15.3. The summed E-state index contributed by atoms with van der Waals surface area (Å²) in [5, 5.41) is 1.02. The molecule has 1 saturated carbocycles. The van der Waals surface area contributed by atoms with Crippen LogP contribution in [0.4, 0.5) is 0 Å². The van der Waals surface area contributed by atoms with E-state index in [0.717, 1.165) is 35.0 Å². The molecule has 6 heteroatoms. The van der Waals surface area contributed by atoms with Crippen molar-refractivity contribution < 1.29 is 9.59 Å². The second-order valence-corrected chi connectivity index (χ2v) is 9.22. The van der Waals surface area contributed by atoms with Crippen LogP contribution < -0.4 is 0 Å². The van der Waals surface area contributed by atoms with Gasteiger partial charge in [0, 0.05) is 31.6 Å². The maximum atomic E-state index is 13.1. The normalized spacial score (nSPS) is 26.5. The third-order valence-electron chi connectivity index (χ3n) is 5.73. The predicted molar refractivity (Wildman–Crippen MR) is 97.8 cm³/mol. The zero-order chi connectivity index (χ0) is 17.7. The molecular formula is C19H27N3O2S. The Bertz CT molecular complexity index is 695. The number of amides is 2. The summed E-state index contributed by atoms with van der Waals surface area (Å²) in [5.41, 5.74) is 0.830. The maximum absolute atomic E-state index is 13.1. The van der Waals surface area contributed by atoms with E-state index in [2.05, 4.69) is 23.7 Å². The minimum absolute atomic E-state index is 0.0146. The molecular weight excluding hydrogens is 334 g/mol. The SMILES string of the molecule is Cc1nc(C(C)C)sc1C(=O)N1CC2CCC(C1)N(CC1CC1)C2=O. The lowest BCUT2D eigenvalue weighted by Crippen LogP contribution is -2.48. The monoisotopic (exact) mass is 361 g/mol. The fraction of sp³-hybridized carbons (Fsp3) is 0.737. The van der Waals surface area contributed by atoms with Crippen LogP contribution in [-0.2, 0) is 4.79 Å². The quantitative estimate of drug-likeness (QED) is 0.828. The van der Waals surface area contributed by atoms with Crippen molar-refractivity contribution in [2.24, 2.45) is 11.8 Å². The molecule has 0 radical (unpaired) electrons. The molecule has 3 saturated heterocycles. The fourth-order valence-electron chi connectivity index (χ4n) is 4.03. The van der Waals surface area contributed by atoms with Gasteiger partial charge in [-0.2, -0.15) is 0 Å². The van der Waals surface area contributed by atoms with Gasteiger partial charge in [0.1, 0.15) is 4.88 Å². The molecule has 4 heterocycles. The molecule has 4 fully saturated rings. The van der Waals surface area contributed by atoms with Crippen LogP contribution in [0, 0.1) is 18.8 Å². The van der Waals surface area contributed by atoms with E-state index in [0.29, 0.717) is 24.9 Å². The largest absolute Gasteiger partial charge is 0.337 e. The number of fused-ring (bicyclic) bond motifs is 4. The summed E-state index contributed by atoms with van der Waals surface area (Å²) in [7, 11) is 0. The Balaban J connectivity index is 1.55. The van der Waals surface area contributed by atoms with Crippen molar-refractivity contribution in [1.29, 1.82) is 0 Å². The topological polar surface area (TPSA) is 53.5 Å². The smallest absolute Gasteiger partial charge is 0.265 e. The van der Waals surface area contributed by atoms with Crippen LogP contribution in [-0.4, -0.2) is 52.3 Å². The Morgan fingerprint density at radius 3 is 2.64 bits per heavy atom. The third-order valence-corrected chi connectivity index (χ3v) is 7.18. The van der Waals surface area contributed by atoms with Gasteiger partial charge >= 0.3 is 0 Å². The molecule has 2 amide bonds. The lowest BCUT2D eigenvalue weighted by Gasteiger charge is -2.36. The number of aryl methyl sites for hydroxylation is 1. The summed E-state index contributed by atoms with van der Waals surface area (Å²) >= 11 is 1.52. The Labute approximate surface area is 153 Å². The highest BCUT2D eigenvalue weighted by Gasteiger charge is 2.43. The van der Waals surface area contributed by atoms with E-state index in [4.69, 9.17) is 0 Å². The summed E-state index contributed by atoms with van der Waals surface area (Å²) in [6.45, 7) is 8.29. The number of hydrogen-bond acceptors (Lipinski definition) is 4. The van der Waals surface area contributed by atoms with E-state index in [9.17, 15) is 9.59 Å². The van der Waals surface area contributed by atoms with Crippen molar-refractivity contribution >= 4 is 23.2 Å². The molecule has 1 aromatic rings. The van der Waals surface area contributed by atoms with Crippen LogP contribution in [0.3, 0.4) is 0 Å². The van der Waals surface area contributed by atoms with Gasteiger partial charge in [-0.3, -0.25) is 9.59 Å². The van der Waals surface area contributed by atoms with Crippen LogP contribution in [0.5, 0.6) is 0 Å². The first-order valence-corrected chi connectivity index (χ1v) is 10.3. The molecule has 2 unspecified atom stereocenters. The summed E-state index contributed by atoms with van der Waals surface area (Å²) in [6.07, 6.45) is 4.46. The van der Waals surface area contributed by atoms with Gasteiger partial charge in [-0.25, -0.2) is 4.98 Å². The molecule has 1 aliphatic carbocycles. The second kappa shape index (κ2) is 6.38. The van der Waals surface area contributed by atoms with E-state index < -0.39 is 0 Å². The molecule has 136 valence electrons. The van der Waals surface area contributed by atoms with E-state index in [1.807, 2.05) is 11.8 Å². The van der Waals surface area contributed by atoms with Gasteiger partial charge in [-0.15, -0.1) is 11.3 Å². The average molecular weight is 362 g/mol. The highest BCUT2D eigenvalue weighted by molar-refractivity contribution is 7.13. The lowest BCUT2D eigenvalue weighted by atomic mass is 9.94. The van der Waals surface area contributed by atoms with Crippen molar-refractivity contribution in [3.8, 4) is 0 Å². The first-order valence-electron chi connectivity index (χ1n) is 9.51. The molecule has 25 heavy (non-hydrogen) atoms. The summed E-state index contributed by atoms with van der Waals surface area (Å²) in [4.78, 5) is 35.3. The van der Waals surface area contributed by atoms with Crippen LogP contribution in [0.2, 0.25) is 0 Å². The summed E-state index contributed by atoms with van der Waals surface area (Å²) < 4.78 is 0. The highest BCUT2D eigenvalue weighted by Crippen LogP contribution is 2.36. The number of nitrogens with zero attached hydrogens (tertiary/aromatic N) is 3. The number of thiazole rings is 1. The molecule has 2 atom stereocenters. The molecule has 0 aromatic carbocycles. The van der Waals surface area contributed by atoms with Crippen molar-refractivity contribution in [1.82, 2.24) is 14.8 Å². The summed E-state index contributed by atoms with van der Waals surface area (Å²) in [6, 6.07) is 0.202. The Morgan fingerprint density at radius 2 is 2.00 bits per heavy atom. The van der Waals surface area contributed by atoms with E-state index in [-0.39, 0.29) is 23.8 Å². The van der Waals surface area contributed by atoms with Gasteiger partial charge in [-0.1, -0.05) is 13.8 Å². The minimum Gasteiger partial charge on any atom is -0.337 e. The Kier molecular flexibility index (Phi) is 4.34. The first kappa shape index (κ1) is 17.0. The third kappa shape index (κ3) is 3.21. The van der Waals surface area contributed by atoms with Crippen molar-refractivity contribution in [2.75, 3.05) is 19.6 Å². The molecule has 0 spiro atoms. The van der Waals surface area contributed by atoms with Gasteiger partial charge in [0.05, 0.1) is 16.6 Å². The van der Waals surface area contributed by atoms with E-state index in [1.165, 1.54) is 24.2 Å². The van der Waals surface area contributed by atoms with Crippen LogP contribution in [0.1, 0.15) is 65.8 Å². The molecule has 5 nitrogen and oxygen atoms in total. The average Bonchev–Trinajstić information content (AvgIpc) is 3.35. The number of carbonyl (C=O) groups excluding carboxylic acids is 2. The molecule has 3 aliphatic heterocycles. The number of aromatic nitrogens is 1. The molecule has 2 bridgehead atoms. The van der Waals surface area contributed by atoms with Crippen LogP contribution >= 0.6 is 11.3 Å². The van der Waals surface area contributed by atoms with Crippen molar-refractivity contribution in [3.05, 3.63) is 15.6 Å². The highest BCUT2D eigenvalue weighted by atomic mass is 32.1. The van der Waals surface area contributed by atoms with Gasteiger partial charge in [0.2, 0.25) is 5.91 Å². The van der Waals surface area contributed by atoms with Gasteiger partial charge < -0.3 is 9.80 Å². The number of rotatable bonds is 4. The molecule has 4 aliphatic rings. The molecule has 5 rings (SSSR count). The standard InChI is InChI=1S/C19H27N3O2S/c1-11(2)17-20-12(3)16(25-17)19(24)21-9-14-6-7-15(10-21)22(18(14)23)8-13-4-5-13/h11,13-15H,4-10H2,1-3H3. The van der Waals surface area contributed by atoms with Gasteiger partial charge in [0.25, 0.3) is 5.91 Å². The lowest BCUT2D eigenvalue weighted by molar-refractivity contribution is -0.140. The second-order valence-electron chi connectivity index (χ2n) is 8.19. The first-order chi connectivity index (χ1) is 11.9. The fourth-order valence-corrected chi connectivity index (χ4v) is 5.07. The molecule has 1 aromatic heterocycles. The van der Waals surface area contributed by atoms with E-state index >= 15 is 0 Å². The van der Waals surface area contributed by atoms with Crippen LogP contribution in [0.15, 0.2) is 0 Å². The van der Waals surface area contributed by atoms with E-state index in [1.54, 1.807) is 0 Å². The Morgan fingerprint density at radius 1 is 1.24 bits per heavy atom.